The van der Waals surface area contributed by atoms with Crippen LogP contribution >= 0.6 is 0 Å². The lowest BCUT2D eigenvalue weighted by Crippen LogP contribution is -2.17. The van der Waals surface area contributed by atoms with Crippen molar-refractivity contribution in [2.24, 2.45) is 7.05 Å². The van der Waals surface area contributed by atoms with Crippen LogP contribution in [0.5, 0.6) is 5.75 Å². The number of sulfone groups is 1. The molecule has 216 valence electrons. The topological polar surface area (TPSA) is 131 Å². The van der Waals surface area contributed by atoms with Gasteiger partial charge in [-0.25, -0.2) is 18.4 Å². The lowest BCUT2D eigenvalue weighted by Gasteiger charge is -2.19. The smallest absolute Gasteiger partial charge is 0.231 e. The third-order valence-corrected chi connectivity index (χ3v) is 7.51. The van der Waals surface area contributed by atoms with Gasteiger partial charge < -0.3 is 19.5 Å². The number of fused-ring (bicyclic) bond motifs is 1. The second kappa shape index (κ2) is 11.9. The van der Waals surface area contributed by atoms with E-state index in [-0.39, 0.29) is 18.1 Å². The van der Waals surface area contributed by atoms with Crippen LogP contribution in [0.1, 0.15) is 11.1 Å². The monoisotopic (exact) mass is 585 g/mol. The highest BCUT2D eigenvalue weighted by Gasteiger charge is 2.15. The number of methoxy groups -OCH3 is 1. The molecule has 5 rings (SSSR count). The number of carbonyl (C=O) groups is 1. The van der Waals surface area contributed by atoms with E-state index >= 15 is 0 Å². The molecule has 1 amide bonds. The molecule has 0 spiro atoms. The number of rotatable bonds is 10. The first-order valence-corrected chi connectivity index (χ1v) is 15.1. The van der Waals surface area contributed by atoms with Crippen LogP contribution in [-0.2, 0) is 33.9 Å². The van der Waals surface area contributed by atoms with Gasteiger partial charge in [0.1, 0.15) is 11.6 Å². The zero-order valence-corrected chi connectivity index (χ0v) is 24.5. The predicted molar refractivity (Wildman–Crippen MR) is 164 cm³/mol. The minimum absolute atomic E-state index is 0.0117. The molecule has 12 heteroatoms. The molecule has 0 fully saturated rings. The summed E-state index contributed by atoms with van der Waals surface area (Å²) in [5, 5.41) is 6.07. The molecule has 3 aromatic carbocycles. The molecule has 5 aromatic rings. The summed E-state index contributed by atoms with van der Waals surface area (Å²) in [4.78, 5) is 28.2. The summed E-state index contributed by atoms with van der Waals surface area (Å²) in [6.07, 6.45) is 3.09. The zero-order chi connectivity index (χ0) is 29.9. The van der Waals surface area contributed by atoms with Gasteiger partial charge >= 0.3 is 0 Å². The van der Waals surface area contributed by atoms with Crippen molar-refractivity contribution in [2.75, 3.05) is 35.9 Å². The number of imidazole rings is 1. The van der Waals surface area contributed by atoms with Crippen LogP contribution in [0.2, 0.25) is 0 Å². The third-order valence-electron chi connectivity index (χ3n) is 6.65. The van der Waals surface area contributed by atoms with E-state index in [4.69, 9.17) is 4.74 Å². The molecule has 42 heavy (non-hydrogen) atoms. The highest BCUT2D eigenvalue weighted by atomic mass is 32.2. The number of ether oxygens (including phenoxy) is 1. The van der Waals surface area contributed by atoms with E-state index in [0.717, 1.165) is 33.7 Å². The number of aromatic nitrogens is 4. The quantitative estimate of drug-likeness (QED) is 0.241. The fourth-order valence-electron chi connectivity index (χ4n) is 4.45. The number of nitrogens with one attached hydrogen (secondary N) is 2. The van der Waals surface area contributed by atoms with Gasteiger partial charge in [0.05, 0.1) is 30.3 Å². The molecule has 0 saturated heterocycles. The third kappa shape index (κ3) is 6.84. The lowest BCUT2D eigenvalue weighted by atomic mass is 10.1. The maximum Gasteiger partial charge on any atom is 0.231 e. The zero-order valence-electron chi connectivity index (χ0n) is 23.7. The van der Waals surface area contributed by atoms with E-state index < -0.39 is 9.84 Å². The van der Waals surface area contributed by atoms with E-state index in [1.54, 1.807) is 43.6 Å². The van der Waals surface area contributed by atoms with Crippen molar-refractivity contribution >= 4 is 55.9 Å². The Balaban J connectivity index is 1.28. The lowest BCUT2D eigenvalue weighted by molar-refractivity contribution is -0.115. The molecular formula is C30H31N7O4S. The molecular weight excluding hydrogens is 554 g/mol. The molecule has 2 N–H and O–H groups in total. The van der Waals surface area contributed by atoms with Gasteiger partial charge in [0.2, 0.25) is 17.8 Å². The molecule has 0 unspecified atom stereocenters. The van der Waals surface area contributed by atoms with E-state index in [0.29, 0.717) is 23.3 Å². The van der Waals surface area contributed by atoms with Crippen molar-refractivity contribution in [3.05, 3.63) is 90.1 Å². The number of carbonyl (C=O) groups excluding carboxylic acids is 1. The molecule has 0 aliphatic heterocycles. The molecule has 2 heterocycles. The van der Waals surface area contributed by atoms with E-state index in [1.807, 2.05) is 66.0 Å². The van der Waals surface area contributed by atoms with E-state index in [9.17, 15) is 13.2 Å². The van der Waals surface area contributed by atoms with Crippen molar-refractivity contribution in [3.63, 3.8) is 0 Å². The molecule has 0 bridgehead atoms. The van der Waals surface area contributed by atoms with Crippen LogP contribution in [0.4, 0.5) is 29.1 Å². The van der Waals surface area contributed by atoms with Gasteiger partial charge in [0.25, 0.3) is 0 Å². The second-order valence-electron chi connectivity index (χ2n) is 9.93. The molecule has 0 aliphatic rings. The highest BCUT2D eigenvalue weighted by molar-refractivity contribution is 7.89. The molecule has 0 saturated carbocycles. The fourth-order valence-corrected chi connectivity index (χ4v) is 5.25. The first-order valence-electron chi connectivity index (χ1n) is 13.1. The summed E-state index contributed by atoms with van der Waals surface area (Å²) >= 11 is 0. The summed E-state index contributed by atoms with van der Waals surface area (Å²) in [6, 6.07) is 22.1. The van der Waals surface area contributed by atoms with Gasteiger partial charge in [-0.2, -0.15) is 4.98 Å². The predicted octanol–water partition coefficient (Wildman–Crippen LogP) is 4.61. The first kappa shape index (κ1) is 28.6. The summed E-state index contributed by atoms with van der Waals surface area (Å²) in [5.74, 6) is 2.08. The number of benzene rings is 3. The van der Waals surface area contributed by atoms with Gasteiger partial charge in [-0.05, 0) is 59.7 Å². The van der Waals surface area contributed by atoms with Crippen molar-refractivity contribution in [1.29, 1.82) is 0 Å². The number of amides is 1. The summed E-state index contributed by atoms with van der Waals surface area (Å²) in [5.41, 5.74) is 4.77. The van der Waals surface area contributed by atoms with Crippen molar-refractivity contribution in [1.82, 2.24) is 19.5 Å². The summed E-state index contributed by atoms with van der Waals surface area (Å²) in [6.45, 7) is 0. The summed E-state index contributed by atoms with van der Waals surface area (Å²) in [7, 11) is 2.26. The van der Waals surface area contributed by atoms with Gasteiger partial charge in [0.15, 0.2) is 9.84 Å². The Labute approximate surface area is 244 Å². The second-order valence-corrected chi connectivity index (χ2v) is 12.1. The maximum atomic E-state index is 12.7. The van der Waals surface area contributed by atoms with Crippen LogP contribution in [0.25, 0.3) is 11.0 Å². The Hall–Kier alpha value is -4.97. The Morgan fingerprint density at radius 1 is 0.976 bits per heavy atom. The normalized spacial score (nSPS) is 11.3. The largest absolute Gasteiger partial charge is 0.497 e. The summed E-state index contributed by atoms with van der Waals surface area (Å²) < 4.78 is 30.1. The number of anilines is 5. The number of aryl methyl sites for hydroxylation is 1. The molecule has 0 aliphatic carbocycles. The van der Waals surface area contributed by atoms with Gasteiger partial charge in [-0.1, -0.05) is 24.3 Å². The molecule has 2 aromatic heterocycles. The van der Waals surface area contributed by atoms with Crippen molar-refractivity contribution in [2.45, 2.75) is 12.2 Å². The average Bonchev–Trinajstić information content (AvgIpc) is 3.27. The van der Waals surface area contributed by atoms with Crippen LogP contribution in [0.3, 0.4) is 0 Å². The molecule has 11 nitrogen and oxygen atoms in total. The minimum atomic E-state index is -3.10. The van der Waals surface area contributed by atoms with Gasteiger partial charge in [0, 0.05) is 37.9 Å². The Morgan fingerprint density at radius 2 is 1.69 bits per heavy atom. The Bertz CT molecular complexity index is 1840. The van der Waals surface area contributed by atoms with E-state index in [1.165, 1.54) is 6.26 Å². The van der Waals surface area contributed by atoms with Crippen LogP contribution < -0.4 is 20.3 Å². The van der Waals surface area contributed by atoms with Crippen LogP contribution in [-0.4, -0.2) is 54.3 Å². The molecule has 0 atom stereocenters. The minimum Gasteiger partial charge on any atom is -0.497 e. The number of nitrogens with zero attached hydrogens (tertiary/aromatic N) is 5. The maximum absolute atomic E-state index is 12.7. The highest BCUT2D eigenvalue weighted by Crippen LogP contribution is 2.28. The van der Waals surface area contributed by atoms with Gasteiger partial charge in [-0.3, -0.25) is 10.1 Å². The Morgan fingerprint density at radius 3 is 2.38 bits per heavy atom. The first-order chi connectivity index (χ1) is 20.1. The number of hydrogen-bond acceptors (Lipinski definition) is 9. The fraction of sp³-hybridized carbons (Fsp3) is 0.200. The van der Waals surface area contributed by atoms with Crippen molar-refractivity contribution < 1.29 is 17.9 Å². The Kier molecular flexibility index (Phi) is 8.07. The van der Waals surface area contributed by atoms with Crippen molar-refractivity contribution in [3.8, 4) is 5.75 Å². The van der Waals surface area contributed by atoms with E-state index in [2.05, 4.69) is 25.6 Å². The SMILES string of the molecule is COc1ccc(CC(=O)Nc2nc3cc(N(C)c4ccnc(Nc5ccc(CS(C)(=O)=O)cc5)n4)ccc3n2C)cc1. The molecule has 0 radical (unpaired) electrons. The number of hydrogen-bond donors (Lipinski definition) is 2. The van der Waals surface area contributed by atoms with Crippen LogP contribution in [0.15, 0.2) is 79.0 Å². The average molecular weight is 586 g/mol. The van der Waals surface area contributed by atoms with Crippen LogP contribution in [0, 0.1) is 0 Å². The van der Waals surface area contributed by atoms with Gasteiger partial charge in [-0.15, -0.1) is 0 Å². The standard InChI is InChI=1S/C30H31N7O4S/c1-36(27-15-16-31-29(34-27)32-22-9-5-21(6-10-22)19-42(4,39)40)23-11-14-26-25(18-23)33-30(37(26)2)35-28(38)17-20-7-12-24(41-3)13-8-20/h5-16,18H,17,19H2,1-4H3,(H,31,32,34)(H,33,35,38).